The van der Waals surface area contributed by atoms with Gasteiger partial charge in [0.15, 0.2) is 0 Å². The summed E-state index contributed by atoms with van der Waals surface area (Å²) in [5, 5.41) is 0. The van der Waals surface area contributed by atoms with E-state index in [1.165, 1.54) is 0 Å². The Morgan fingerprint density at radius 3 is 2.82 bits per heavy atom. The largest absolute Gasteiger partial charge is 0.496 e. The highest BCUT2D eigenvalue weighted by atomic mass is 16.5. The van der Waals surface area contributed by atoms with Crippen LogP contribution in [0, 0.1) is 0 Å². The molecule has 2 aromatic rings. The second kappa shape index (κ2) is 3.60. The third-order valence-electron chi connectivity index (χ3n) is 3.10. The van der Waals surface area contributed by atoms with E-state index in [1.54, 1.807) is 13.4 Å². The number of para-hydroxylation sites is 1. The Kier molecular flexibility index (Phi) is 2.19. The molecular weight excluding hydrogens is 216 g/mol. The summed E-state index contributed by atoms with van der Waals surface area (Å²) in [5.41, 5.74) is 7.41. The van der Waals surface area contributed by atoms with E-state index in [-0.39, 0.29) is 5.54 Å². The molecule has 1 aromatic heterocycles. The van der Waals surface area contributed by atoms with Crippen molar-refractivity contribution in [3.8, 4) is 17.0 Å². The van der Waals surface area contributed by atoms with Gasteiger partial charge in [-0.15, -0.1) is 0 Å². The van der Waals surface area contributed by atoms with E-state index in [4.69, 9.17) is 14.9 Å². The Hall–Kier alpha value is -1.81. The van der Waals surface area contributed by atoms with Crippen molar-refractivity contribution in [3.63, 3.8) is 0 Å². The fraction of sp³-hybridized carbons (Fsp3) is 0.308. The number of oxazole rings is 1. The molecule has 3 rings (SSSR count). The van der Waals surface area contributed by atoms with Crippen LogP contribution in [-0.2, 0) is 5.54 Å². The lowest BCUT2D eigenvalue weighted by molar-refractivity contribution is 0.416. The molecule has 1 heterocycles. The molecule has 4 nitrogen and oxygen atoms in total. The molecule has 1 saturated carbocycles. The van der Waals surface area contributed by atoms with Crippen LogP contribution in [-0.4, -0.2) is 12.1 Å². The minimum atomic E-state index is -0.333. The van der Waals surface area contributed by atoms with Gasteiger partial charge in [-0.3, -0.25) is 0 Å². The normalized spacial score (nSPS) is 16.8. The van der Waals surface area contributed by atoms with Crippen LogP contribution in [0.25, 0.3) is 11.3 Å². The topological polar surface area (TPSA) is 61.3 Å². The summed E-state index contributed by atoms with van der Waals surface area (Å²) in [7, 11) is 1.64. The lowest BCUT2D eigenvalue weighted by atomic mass is 10.1. The number of nitrogens with two attached hydrogens (primary N) is 1. The highest BCUT2D eigenvalue weighted by Gasteiger charge is 2.44. The maximum atomic E-state index is 6.04. The molecule has 88 valence electrons. The number of rotatable bonds is 3. The van der Waals surface area contributed by atoms with E-state index in [0.29, 0.717) is 5.89 Å². The van der Waals surface area contributed by atoms with E-state index in [9.17, 15) is 0 Å². The van der Waals surface area contributed by atoms with Crippen molar-refractivity contribution in [1.82, 2.24) is 4.98 Å². The molecular formula is C13H14N2O2. The van der Waals surface area contributed by atoms with Crippen molar-refractivity contribution in [2.24, 2.45) is 5.73 Å². The zero-order valence-corrected chi connectivity index (χ0v) is 9.64. The predicted octanol–water partition coefficient (Wildman–Crippen LogP) is 2.30. The molecule has 0 saturated heterocycles. The molecule has 0 amide bonds. The first kappa shape index (κ1) is 10.4. The van der Waals surface area contributed by atoms with E-state index in [1.807, 2.05) is 24.3 Å². The number of ether oxygens (including phenoxy) is 1. The van der Waals surface area contributed by atoms with Crippen LogP contribution in [0.5, 0.6) is 5.75 Å². The van der Waals surface area contributed by atoms with Crippen LogP contribution in [0.15, 0.2) is 34.9 Å². The summed E-state index contributed by atoms with van der Waals surface area (Å²) >= 11 is 0. The van der Waals surface area contributed by atoms with Crippen LogP contribution in [0.3, 0.4) is 0 Å². The van der Waals surface area contributed by atoms with Crippen LogP contribution in [0.2, 0.25) is 0 Å². The summed E-state index contributed by atoms with van der Waals surface area (Å²) in [5.74, 6) is 1.41. The van der Waals surface area contributed by atoms with Crippen LogP contribution in [0.4, 0.5) is 0 Å². The van der Waals surface area contributed by atoms with E-state index < -0.39 is 0 Å². The molecule has 0 radical (unpaired) electrons. The van der Waals surface area contributed by atoms with Gasteiger partial charge in [-0.2, -0.15) is 0 Å². The zero-order valence-electron chi connectivity index (χ0n) is 9.64. The fourth-order valence-electron chi connectivity index (χ4n) is 1.83. The van der Waals surface area contributed by atoms with Gasteiger partial charge in [0, 0.05) is 5.56 Å². The summed E-state index contributed by atoms with van der Waals surface area (Å²) in [6.45, 7) is 0. The first-order chi connectivity index (χ1) is 8.23. The van der Waals surface area contributed by atoms with Crippen molar-refractivity contribution < 1.29 is 9.15 Å². The quantitative estimate of drug-likeness (QED) is 0.878. The van der Waals surface area contributed by atoms with Gasteiger partial charge in [-0.25, -0.2) is 4.98 Å². The van der Waals surface area contributed by atoms with Crippen molar-refractivity contribution in [2.75, 3.05) is 7.11 Å². The third-order valence-corrected chi connectivity index (χ3v) is 3.10. The summed E-state index contributed by atoms with van der Waals surface area (Å²) < 4.78 is 10.8. The smallest absolute Gasteiger partial charge is 0.214 e. The summed E-state index contributed by atoms with van der Waals surface area (Å²) in [6, 6.07) is 7.73. The second-order valence-electron chi connectivity index (χ2n) is 4.39. The van der Waals surface area contributed by atoms with Crippen molar-refractivity contribution in [3.05, 3.63) is 36.4 Å². The molecule has 1 aliphatic rings. The molecule has 0 spiro atoms. The van der Waals surface area contributed by atoms with Crippen LogP contribution >= 0.6 is 0 Å². The number of nitrogens with zero attached hydrogens (tertiary/aromatic N) is 1. The Bertz CT molecular complexity index is 544. The molecule has 0 aliphatic heterocycles. The molecule has 2 N–H and O–H groups in total. The Morgan fingerprint density at radius 1 is 1.35 bits per heavy atom. The Morgan fingerprint density at radius 2 is 2.12 bits per heavy atom. The molecule has 0 bridgehead atoms. The van der Waals surface area contributed by atoms with E-state index in [0.717, 1.165) is 29.8 Å². The molecule has 0 unspecified atom stereocenters. The SMILES string of the molecule is COc1ccccc1-c1coc(C2(N)CC2)n1. The predicted molar refractivity (Wildman–Crippen MR) is 63.6 cm³/mol. The van der Waals surface area contributed by atoms with E-state index >= 15 is 0 Å². The molecule has 4 heteroatoms. The Balaban J connectivity index is 2.01. The Labute approximate surface area is 99.4 Å². The number of benzene rings is 1. The number of methoxy groups -OCH3 is 1. The van der Waals surface area contributed by atoms with E-state index in [2.05, 4.69) is 4.98 Å². The second-order valence-corrected chi connectivity index (χ2v) is 4.39. The summed E-state index contributed by atoms with van der Waals surface area (Å²) in [4.78, 5) is 4.45. The highest BCUT2D eigenvalue weighted by molar-refractivity contribution is 5.66. The first-order valence-electron chi connectivity index (χ1n) is 5.61. The maximum absolute atomic E-state index is 6.04. The minimum Gasteiger partial charge on any atom is -0.496 e. The molecule has 1 aliphatic carbocycles. The van der Waals surface area contributed by atoms with Gasteiger partial charge < -0.3 is 14.9 Å². The van der Waals surface area contributed by atoms with Gasteiger partial charge in [0.05, 0.1) is 12.6 Å². The van der Waals surface area contributed by atoms with Gasteiger partial charge in [0.1, 0.15) is 17.7 Å². The number of aromatic nitrogens is 1. The first-order valence-corrected chi connectivity index (χ1v) is 5.61. The molecule has 1 aromatic carbocycles. The van der Waals surface area contributed by atoms with Crippen LogP contribution < -0.4 is 10.5 Å². The number of hydrogen-bond acceptors (Lipinski definition) is 4. The molecule has 17 heavy (non-hydrogen) atoms. The zero-order chi connectivity index (χ0) is 11.9. The number of hydrogen-bond donors (Lipinski definition) is 1. The lowest BCUT2D eigenvalue weighted by Crippen LogP contribution is -2.18. The maximum Gasteiger partial charge on any atom is 0.214 e. The van der Waals surface area contributed by atoms with Gasteiger partial charge in [-0.1, -0.05) is 12.1 Å². The van der Waals surface area contributed by atoms with Gasteiger partial charge in [0.2, 0.25) is 5.89 Å². The van der Waals surface area contributed by atoms with Gasteiger partial charge in [-0.05, 0) is 25.0 Å². The minimum absolute atomic E-state index is 0.333. The van der Waals surface area contributed by atoms with Crippen molar-refractivity contribution >= 4 is 0 Å². The average Bonchev–Trinajstić information content (AvgIpc) is 2.94. The highest BCUT2D eigenvalue weighted by Crippen LogP contribution is 2.43. The lowest BCUT2D eigenvalue weighted by Gasteiger charge is -2.04. The molecule has 0 atom stereocenters. The summed E-state index contributed by atoms with van der Waals surface area (Å²) in [6.07, 6.45) is 3.53. The average molecular weight is 230 g/mol. The van der Waals surface area contributed by atoms with Crippen molar-refractivity contribution in [1.29, 1.82) is 0 Å². The molecule has 1 fully saturated rings. The van der Waals surface area contributed by atoms with Crippen molar-refractivity contribution in [2.45, 2.75) is 18.4 Å². The standard InChI is InChI=1S/C13H14N2O2/c1-16-11-5-3-2-4-9(11)10-8-17-12(15-10)13(14)6-7-13/h2-5,8H,6-7,14H2,1H3. The van der Waals surface area contributed by atoms with Gasteiger partial charge >= 0.3 is 0 Å². The monoisotopic (exact) mass is 230 g/mol. The third kappa shape index (κ3) is 1.70. The fourth-order valence-corrected chi connectivity index (χ4v) is 1.83. The van der Waals surface area contributed by atoms with Crippen LogP contribution in [0.1, 0.15) is 18.7 Å². The van der Waals surface area contributed by atoms with Gasteiger partial charge in [0.25, 0.3) is 0 Å².